The van der Waals surface area contributed by atoms with E-state index in [1.807, 2.05) is 0 Å². The molecule has 1 N–H and O–H groups in total. The molecular weight excluding hydrogens is 162 g/mol. The van der Waals surface area contributed by atoms with Crippen LogP contribution in [0.4, 0.5) is 0 Å². The smallest absolute Gasteiger partial charge is 0.254 e. The summed E-state index contributed by atoms with van der Waals surface area (Å²) < 4.78 is 0. The molecule has 0 bridgehead atoms. The summed E-state index contributed by atoms with van der Waals surface area (Å²) in [5, 5.41) is 20.1. The average molecular weight is 173 g/mol. The molecule has 1 aliphatic carbocycles. The molecule has 5 heteroatoms. The highest BCUT2D eigenvalue weighted by Gasteiger charge is 2.62. The molecule has 12 heavy (non-hydrogen) atoms. The van der Waals surface area contributed by atoms with Crippen molar-refractivity contribution in [2.24, 2.45) is 0 Å². The van der Waals surface area contributed by atoms with Gasteiger partial charge in [-0.1, -0.05) is 0 Å². The third kappa shape index (κ3) is 0.859. The number of carbonyl (C=O) groups excluding carboxylic acids is 1. The van der Waals surface area contributed by atoms with Gasteiger partial charge in [-0.3, -0.25) is 14.9 Å². The summed E-state index contributed by atoms with van der Waals surface area (Å²) >= 11 is 0. The fourth-order valence-electron chi connectivity index (χ4n) is 1.41. The Morgan fingerprint density at radius 3 is 2.25 bits per heavy atom. The van der Waals surface area contributed by atoms with E-state index in [0.29, 0.717) is 0 Å². The third-order valence-electron chi connectivity index (χ3n) is 2.83. The minimum absolute atomic E-state index is 0.0878. The molecule has 0 amide bonds. The molecular formula is C7H11NO4. The average Bonchev–Trinajstić information content (AvgIpc) is 2.15. The topological polar surface area (TPSA) is 80.4 Å². The molecule has 5 nitrogen and oxygen atoms in total. The van der Waals surface area contributed by atoms with E-state index < -0.39 is 21.8 Å². The van der Waals surface area contributed by atoms with Crippen LogP contribution in [0.5, 0.6) is 0 Å². The van der Waals surface area contributed by atoms with E-state index in [-0.39, 0.29) is 12.8 Å². The number of hydrogen-bond donors (Lipinski definition) is 1. The van der Waals surface area contributed by atoms with Crippen LogP contribution in [0.25, 0.3) is 0 Å². The van der Waals surface area contributed by atoms with Crippen LogP contribution < -0.4 is 0 Å². The molecule has 1 aliphatic rings. The highest BCUT2D eigenvalue weighted by Crippen LogP contribution is 2.38. The van der Waals surface area contributed by atoms with Gasteiger partial charge in [0.1, 0.15) is 0 Å². The number of rotatable bonds is 1. The lowest BCUT2D eigenvalue weighted by molar-refractivity contribution is -0.581. The monoisotopic (exact) mass is 173 g/mol. The van der Waals surface area contributed by atoms with E-state index in [9.17, 15) is 20.0 Å². The fourth-order valence-corrected chi connectivity index (χ4v) is 1.41. The van der Waals surface area contributed by atoms with E-state index in [2.05, 4.69) is 0 Å². The van der Waals surface area contributed by atoms with Crippen LogP contribution in [-0.2, 0) is 4.79 Å². The second-order valence-corrected chi connectivity index (χ2v) is 3.53. The highest BCUT2D eigenvalue weighted by molar-refractivity contribution is 5.90. The van der Waals surface area contributed by atoms with E-state index in [0.717, 1.165) is 0 Å². The van der Waals surface area contributed by atoms with Gasteiger partial charge in [0, 0.05) is 24.7 Å². The zero-order valence-electron chi connectivity index (χ0n) is 7.03. The first-order valence-electron chi connectivity index (χ1n) is 3.72. The van der Waals surface area contributed by atoms with E-state index in [1.165, 1.54) is 13.8 Å². The van der Waals surface area contributed by atoms with Crippen molar-refractivity contribution in [2.45, 2.75) is 37.8 Å². The Kier molecular flexibility index (Phi) is 1.72. The number of aliphatic hydroxyl groups is 1. The number of ketones is 1. The molecule has 0 aromatic rings. The Morgan fingerprint density at radius 1 is 1.58 bits per heavy atom. The van der Waals surface area contributed by atoms with Gasteiger partial charge in [-0.2, -0.15) is 0 Å². The van der Waals surface area contributed by atoms with Crippen molar-refractivity contribution in [2.75, 3.05) is 0 Å². The van der Waals surface area contributed by atoms with Gasteiger partial charge in [-0.05, 0) is 6.92 Å². The maximum Gasteiger partial charge on any atom is 0.254 e. The summed E-state index contributed by atoms with van der Waals surface area (Å²) in [6, 6.07) is 0. The highest BCUT2D eigenvalue weighted by atomic mass is 16.6. The van der Waals surface area contributed by atoms with Crippen LogP contribution in [0, 0.1) is 10.1 Å². The number of Topliss-reactive ketones (excluding diaryl/α,β-unsaturated/α-hetero) is 1. The fraction of sp³-hybridized carbons (Fsp3) is 0.857. The summed E-state index contributed by atoms with van der Waals surface area (Å²) in [5.74, 6) is -0.443. The van der Waals surface area contributed by atoms with Crippen LogP contribution in [0.2, 0.25) is 0 Å². The lowest BCUT2D eigenvalue weighted by Gasteiger charge is -2.26. The van der Waals surface area contributed by atoms with Gasteiger partial charge < -0.3 is 5.11 Å². The van der Waals surface area contributed by atoms with Gasteiger partial charge in [0.15, 0.2) is 11.4 Å². The molecule has 1 saturated carbocycles. The molecule has 0 aliphatic heterocycles. The molecule has 1 rings (SSSR count). The van der Waals surface area contributed by atoms with Gasteiger partial charge in [0.25, 0.3) is 5.54 Å². The second-order valence-electron chi connectivity index (χ2n) is 3.53. The summed E-state index contributed by atoms with van der Waals surface area (Å²) in [7, 11) is 0. The zero-order valence-corrected chi connectivity index (χ0v) is 7.03. The van der Waals surface area contributed by atoms with Gasteiger partial charge in [-0.25, -0.2) is 0 Å². The Balaban J connectivity index is 3.10. The second kappa shape index (κ2) is 2.26. The minimum Gasteiger partial charge on any atom is -0.376 e. The first kappa shape index (κ1) is 9.12. The lowest BCUT2D eigenvalue weighted by atomic mass is 9.86. The number of nitrogens with zero attached hydrogens (tertiary/aromatic N) is 1. The minimum atomic E-state index is -1.81. The first-order valence-corrected chi connectivity index (χ1v) is 3.72. The van der Waals surface area contributed by atoms with Crippen molar-refractivity contribution < 1.29 is 14.8 Å². The van der Waals surface area contributed by atoms with Crippen LogP contribution >= 0.6 is 0 Å². The maximum absolute atomic E-state index is 11.1. The molecule has 0 radical (unpaired) electrons. The molecule has 2 atom stereocenters. The first-order chi connectivity index (χ1) is 5.32. The van der Waals surface area contributed by atoms with Gasteiger partial charge in [0.05, 0.1) is 0 Å². The van der Waals surface area contributed by atoms with Crippen molar-refractivity contribution in [3.63, 3.8) is 0 Å². The molecule has 0 aromatic carbocycles. The van der Waals surface area contributed by atoms with Gasteiger partial charge >= 0.3 is 0 Å². The van der Waals surface area contributed by atoms with Gasteiger partial charge in [0.2, 0.25) is 0 Å². The number of nitro groups is 1. The Labute approximate surface area is 69.5 Å². The summed E-state index contributed by atoms with van der Waals surface area (Å²) in [6.07, 6.45) is 0.205. The van der Waals surface area contributed by atoms with Crippen LogP contribution in [0.15, 0.2) is 0 Å². The molecule has 1 fully saturated rings. The van der Waals surface area contributed by atoms with Crippen molar-refractivity contribution in [1.29, 1.82) is 0 Å². The van der Waals surface area contributed by atoms with E-state index in [4.69, 9.17) is 0 Å². The van der Waals surface area contributed by atoms with Crippen molar-refractivity contribution >= 4 is 5.78 Å². The predicted octanol–water partition coefficient (Wildman–Crippen LogP) is 0.136. The standard InChI is InChI=1S/C7H11NO4/c1-6(8(11)12)4-3-5(9)7(6,2)10/h10H,3-4H2,1-2H3/t6-,7+/m1/s1. The Bertz CT molecular complexity index is 248. The van der Waals surface area contributed by atoms with E-state index in [1.54, 1.807) is 0 Å². The molecule has 68 valence electrons. The SMILES string of the molecule is C[C@]1(O)C(=O)CC[C@@]1(C)[N+](=O)[O-]. The number of carbonyl (C=O) groups is 1. The molecule has 0 heterocycles. The number of hydrogen-bond acceptors (Lipinski definition) is 4. The predicted molar refractivity (Wildman–Crippen MR) is 40.3 cm³/mol. The normalized spacial score (nSPS) is 41.8. The molecule has 0 spiro atoms. The molecule has 0 saturated heterocycles. The summed E-state index contributed by atoms with van der Waals surface area (Å²) in [5.41, 5.74) is -3.32. The Morgan fingerprint density at radius 2 is 2.08 bits per heavy atom. The van der Waals surface area contributed by atoms with Crippen LogP contribution in [0.3, 0.4) is 0 Å². The molecule has 0 unspecified atom stereocenters. The Hall–Kier alpha value is -0.970. The lowest BCUT2D eigenvalue weighted by Crippen LogP contribution is -2.54. The van der Waals surface area contributed by atoms with Crippen LogP contribution in [0.1, 0.15) is 26.7 Å². The summed E-state index contributed by atoms with van der Waals surface area (Å²) in [4.78, 5) is 21.1. The van der Waals surface area contributed by atoms with Crippen LogP contribution in [-0.4, -0.2) is 27.0 Å². The van der Waals surface area contributed by atoms with Crippen molar-refractivity contribution in [1.82, 2.24) is 0 Å². The third-order valence-corrected chi connectivity index (χ3v) is 2.83. The zero-order chi connectivity index (χ0) is 9.57. The largest absolute Gasteiger partial charge is 0.376 e. The quantitative estimate of drug-likeness (QED) is 0.451. The summed E-state index contributed by atoms with van der Waals surface area (Å²) in [6.45, 7) is 2.52. The van der Waals surface area contributed by atoms with E-state index >= 15 is 0 Å². The van der Waals surface area contributed by atoms with Gasteiger partial charge in [-0.15, -0.1) is 0 Å². The van der Waals surface area contributed by atoms with Crippen molar-refractivity contribution in [3.8, 4) is 0 Å². The maximum atomic E-state index is 11.1. The molecule has 0 aromatic heterocycles. The van der Waals surface area contributed by atoms with Crippen molar-refractivity contribution in [3.05, 3.63) is 10.1 Å².